The highest BCUT2D eigenvalue weighted by Crippen LogP contribution is 2.29. The minimum absolute atomic E-state index is 0.0657. The largest absolute Gasteiger partial charge is 0.394 e. The minimum atomic E-state index is -0.0657. The molecule has 0 unspecified atom stereocenters. The fourth-order valence-corrected chi connectivity index (χ4v) is 3.54. The van der Waals surface area contributed by atoms with Crippen molar-refractivity contribution in [2.24, 2.45) is 0 Å². The minimum Gasteiger partial charge on any atom is -0.394 e. The molecule has 108 valence electrons. The first-order valence-electron chi connectivity index (χ1n) is 7.26. The van der Waals surface area contributed by atoms with Gasteiger partial charge in [-0.1, -0.05) is 40.0 Å². The fourth-order valence-electron chi connectivity index (χ4n) is 2.63. The highest BCUT2D eigenvalue weighted by molar-refractivity contribution is 7.09. The molecule has 0 amide bonds. The van der Waals surface area contributed by atoms with Gasteiger partial charge in [-0.15, -0.1) is 11.3 Å². The molecule has 1 aliphatic rings. The van der Waals surface area contributed by atoms with Gasteiger partial charge in [0.15, 0.2) is 0 Å². The number of aromatic nitrogens is 1. The van der Waals surface area contributed by atoms with Crippen molar-refractivity contribution in [2.75, 3.05) is 6.61 Å². The molecule has 0 bridgehead atoms. The van der Waals surface area contributed by atoms with Gasteiger partial charge in [-0.3, -0.25) is 0 Å². The normalized spacial score (nSPS) is 19.6. The van der Waals surface area contributed by atoms with Crippen molar-refractivity contribution < 1.29 is 5.11 Å². The van der Waals surface area contributed by atoms with E-state index in [2.05, 4.69) is 31.5 Å². The van der Waals surface area contributed by atoms with E-state index in [0.29, 0.717) is 0 Å². The van der Waals surface area contributed by atoms with Crippen LogP contribution in [0.5, 0.6) is 0 Å². The van der Waals surface area contributed by atoms with E-state index in [0.717, 1.165) is 25.1 Å². The molecule has 1 aliphatic carbocycles. The van der Waals surface area contributed by atoms with Gasteiger partial charge in [0.05, 0.1) is 17.3 Å². The number of aliphatic hydroxyl groups is 1. The lowest BCUT2D eigenvalue weighted by Crippen LogP contribution is -2.49. The third-order valence-corrected chi connectivity index (χ3v) is 5.27. The molecule has 0 radical (unpaired) electrons. The Morgan fingerprint density at radius 2 is 2.00 bits per heavy atom. The smallest absolute Gasteiger partial charge is 0.0982 e. The van der Waals surface area contributed by atoms with Crippen LogP contribution in [0.1, 0.15) is 63.6 Å². The Kier molecular flexibility index (Phi) is 4.64. The summed E-state index contributed by atoms with van der Waals surface area (Å²) in [4.78, 5) is 4.71. The van der Waals surface area contributed by atoms with E-state index in [-0.39, 0.29) is 17.6 Å². The average molecular weight is 282 g/mol. The van der Waals surface area contributed by atoms with Gasteiger partial charge in [0.25, 0.3) is 0 Å². The maximum Gasteiger partial charge on any atom is 0.0982 e. The summed E-state index contributed by atoms with van der Waals surface area (Å²) in [5, 5.41) is 16.6. The zero-order valence-electron chi connectivity index (χ0n) is 12.3. The van der Waals surface area contributed by atoms with Gasteiger partial charge in [-0.05, 0) is 12.8 Å². The molecule has 0 atom stereocenters. The van der Waals surface area contributed by atoms with Crippen LogP contribution >= 0.6 is 11.3 Å². The Balaban J connectivity index is 1.96. The molecule has 1 saturated carbocycles. The first-order chi connectivity index (χ1) is 8.95. The SMILES string of the molecule is CC(C)(C)c1nc(CNC2(CO)CCCCC2)cs1. The molecule has 1 aromatic rings. The molecule has 0 aliphatic heterocycles. The number of aliphatic hydroxyl groups excluding tert-OH is 1. The van der Waals surface area contributed by atoms with Crippen molar-refractivity contribution in [3.05, 3.63) is 16.1 Å². The molecule has 3 nitrogen and oxygen atoms in total. The van der Waals surface area contributed by atoms with Crippen LogP contribution in [0.2, 0.25) is 0 Å². The maximum absolute atomic E-state index is 9.67. The van der Waals surface area contributed by atoms with E-state index in [4.69, 9.17) is 4.98 Å². The van der Waals surface area contributed by atoms with Gasteiger partial charge in [-0.2, -0.15) is 0 Å². The molecule has 1 aromatic heterocycles. The van der Waals surface area contributed by atoms with E-state index in [1.807, 2.05) is 0 Å². The second-order valence-corrected chi connectivity index (χ2v) is 7.60. The number of nitrogens with zero attached hydrogens (tertiary/aromatic N) is 1. The van der Waals surface area contributed by atoms with Crippen LogP contribution in [0.4, 0.5) is 0 Å². The van der Waals surface area contributed by atoms with E-state index in [1.165, 1.54) is 24.3 Å². The summed E-state index contributed by atoms with van der Waals surface area (Å²) >= 11 is 1.74. The van der Waals surface area contributed by atoms with Crippen LogP contribution < -0.4 is 5.32 Å². The Morgan fingerprint density at radius 1 is 1.32 bits per heavy atom. The third kappa shape index (κ3) is 3.77. The van der Waals surface area contributed by atoms with Crippen molar-refractivity contribution in [3.8, 4) is 0 Å². The lowest BCUT2D eigenvalue weighted by molar-refractivity contribution is 0.119. The van der Waals surface area contributed by atoms with E-state index < -0.39 is 0 Å². The number of thiazole rings is 1. The first kappa shape index (κ1) is 14.9. The zero-order chi connectivity index (χ0) is 13.9. The van der Waals surface area contributed by atoms with Crippen molar-refractivity contribution >= 4 is 11.3 Å². The second-order valence-electron chi connectivity index (χ2n) is 6.75. The maximum atomic E-state index is 9.67. The topological polar surface area (TPSA) is 45.2 Å². The average Bonchev–Trinajstić information content (AvgIpc) is 2.86. The molecule has 0 spiro atoms. The summed E-state index contributed by atoms with van der Waals surface area (Å²) in [6.45, 7) is 7.59. The molecular formula is C15H26N2OS. The summed E-state index contributed by atoms with van der Waals surface area (Å²) < 4.78 is 0. The van der Waals surface area contributed by atoms with E-state index >= 15 is 0 Å². The van der Waals surface area contributed by atoms with Gasteiger partial charge in [0.2, 0.25) is 0 Å². The van der Waals surface area contributed by atoms with Gasteiger partial charge in [0, 0.05) is 22.9 Å². The molecule has 2 rings (SSSR count). The van der Waals surface area contributed by atoms with Gasteiger partial charge in [-0.25, -0.2) is 4.98 Å². The summed E-state index contributed by atoms with van der Waals surface area (Å²) in [5.74, 6) is 0. The van der Waals surface area contributed by atoms with Crippen LogP contribution in [-0.4, -0.2) is 22.2 Å². The third-order valence-electron chi connectivity index (χ3n) is 3.95. The molecular weight excluding hydrogens is 256 g/mol. The Bertz CT molecular complexity index is 403. The quantitative estimate of drug-likeness (QED) is 0.891. The van der Waals surface area contributed by atoms with Crippen molar-refractivity contribution in [1.82, 2.24) is 10.3 Å². The van der Waals surface area contributed by atoms with Crippen LogP contribution in [0.3, 0.4) is 0 Å². The lowest BCUT2D eigenvalue weighted by atomic mass is 9.82. The number of hydrogen-bond acceptors (Lipinski definition) is 4. The van der Waals surface area contributed by atoms with Crippen molar-refractivity contribution in [2.45, 2.75) is 70.4 Å². The molecule has 0 saturated heterocycles. The fraction of sp³-hybridized carbons (Fsp3) is 0.800. The van der Waals surface area contributed by atoms with Crippen LogP contribution in [0.15, 0.2) is 5.38 Å². The molecule has 4 heteroatoms. The lowest BCUT2D eigenvalue weighted by Gasteiger charge is -2.36. The molecule has 1 heterocycles. The van der Waals surface area contributed by atoms with Crippen molar-refractivity contribution in [1.29, 1.82) is 0 Å². The predicted molar refractivity (Wildman–Crippen MR) is 80.6 cm³/mol. The number of hydrogen-bond donors (Lipinski definition) is 2. The summed E-state index contributed by atoms with van der Waals surface area (Å²) in [6.07, 6.45) is 5.91. The predicted octanol–water partition coefficient (Wildman–Crippen LogP) is 3.23. The standard InChI is InChI=1S/C15H26N2OS/c1-14(2,3)13-17-12(10-19-13)9-16-15(11-18)7-5-4-6-8-15/h10,16,18H,4-9,11H2,1-3H3. The molecule has 0 aromatic carbocycles. The highest BCUT2D eigenvalue weighted by atomic mass is 32.1. The van der Waals surface area contributed by atoms with E-state index in [1.54, 1.807) is 11.3 Å². The van der Waals surface area contributed by atoms with Gasteiger partial charge >= 0.3 is 0 Å². The number of rotatable bonds is 4. The van der Waals surface area contributed by atoms with Crippen LogP contribution in [0, 0.1) is 0 Å². The summed E-state index contributed by atoms with van der Waals surface area (Å²) in [6, 6.07) is 0. The van der Waals surface area contributed by atoms with Crippen molar-refractivity contribution in [3.63, 3.8) is 0 Å². The van der Waals surface area contributed by atoms with Gasteiger partial charge in [0.1, 0.15) is 0 Å². The Hall–Kier alpha value is -0.450. The van der Waals surface area contributed by atoms with Gasteiger partial charge < -0.3 is 10.4 Å². The van der Waals surface area contributed by atoms with E-state index in [9.17, 15) is 5.11 Å². The summed E-state index contributed by atoms with van der Waals surface area (Å²) in [7, 11) is 0. The number of nitrogens with one attached hydrogen (secondary N) is 1. The highest BCUT2D eigenvalue weighted by Gasteiger charge is 2.30. The van der Waals surface area contributed by atoms with Crippen LogP contribution in [-0.2, 0) is 12.0 Å². The van der Waals surface area contributed by atoms with Crippen LogP contribution in [0.25, 0.3) is 0 Å². The molecule has 1 fully saturated rings. The zero-order valence-corrected chi connectivity index (χ0v) is 13.1. The molecule has 19 heavy (non-hydrogen) atoms. The Labute approximate surface area is 120 Å². The Morgan fingerprint density at radius 3 is 2.53 bits per heavy atom. The summed E-state index contributed by atoms with van der Waals surface area (Å²) in [5.41, 5.74) is 1.17. The molecule has 2 N–H and O–H groups in total. The monoisotopic (exact) mass is 282 g/mol. The first-order valence-corrected chi connectivity index (χ1v) is 8.14. The second kappa shape index (κ2) is 5.90.